The van der Waals surface area contributed by atoms with E-state index in [1.165, 1.54) is 0 Å². The number of alkyl halides is 3. The van der Waals surface area contributed by atoms with E-state index < -0.39 is 30.0 Å². The summed E-state index contributed by atoms with van der Waals surface area (Å²) in [5.74, 6) is -4.14. The molecular formula is C9H12F3NO3. The van der Waals surface area contributed by atoms with Gasteiger partial charge in [0.1, 0.15) is 0 Å². The molecule has 0 spiro atoms. The molecule has 0 bridgehead atoms. The second-order valence-electron chi connectivity index (χ2n) is 3.81. The topological polar surface area (TPSA) is 66.4 Å². The van der Waals surface area contributed by atoms with Gasteiger partial charge >= 0.3 is 18.1 Å². The molecule has 2 atom stereocenters. The normalized spacial score (nSPS) is 26.2. The minimum atomic E-state index is -4.96. The fourth-order valence-corrected chi connectivity index (χ4v) is 1.85. The van der Waals surface area contributed by atoms with Gasteiger partial charge in [-0.1, -0.05) is 12.8 Å². The lowest BCUT2D eigenvalue weighted by Crippen LogP contribution is -2.49. The average molecular weight is 239 g/mol. The van der Waals surface area contributed by atoms with Crippen LogP contribution >= 0.6 is 0 Å². The number of carboxylic acids is 1. The van der Waals surface area contributed by atoms with E-state index in [1.54, 1.807) is 5.32 Å². The first-order valence-corrected chi connectivity index (χ1v) is 4.93. The minimum absolute atomic E-state index is 0.277. The quantitative estimate of drug-likeness (QED) is 0.763. The Morgan fingerprint density at radius 2 is 1.75 bits per heavy atom. The molecule has 0 saturated heterocycles. The van der Waals surface area contributed by atoms with Crippen molar-refractivity contribution in [3.05, 3.63) is 0 Å². The van der Waals surface area contributed by atoms with Gasteiger partial charge in [0.15, 0.2) is 0 Å². The third kappa shape index (κ3) is 3.11. The number of carboxylic acid groups (broad SMARTS) is 1. The third-order valence-electron chi connectivity index (χ3n) is 2.66. The molecule has 7 heteroatoms. The maximum Gasteiger partial charge on any atom is 0.471 e. The summed E-state index contributed by atoms with van der Waals surface area (Å²) in [6.07, 6.45) is -3.08. The molecule has 1 rings (SSSR count). The summed E-state index contributed by atoms with van der Waals surface area (Å²) in [5, 5.41) is 10.5. The number of hydrogen-bond donors (Lipinski definition) is 2. The maximum absolute atomic E-state index is 12.0. The second kappa shape index (κ2) is 4.71. The summed E-state index contributed by atoms with van der Waals surface area (Å²) in [5.41, 5.74) is 0. The Hall–Kier alpha value is -1.27. The number of carbonyl (C=O) groups excluding carboxylic acids is 1. The van der Waals surface area contributed by atoms with Crippen LogP contribution in [0.4, 0.5) is 13.2 Å². The first kappa shape index (κ1) is 12.8. The fraction of sp³-hybridized carbons (Fsp3) is 0.778. The van der Waals surface area contributed by atoms with Crippen molar-refractivity contribution >= 4 is 11.9 Å². The predicted molar refractivity (Wildman–Crippen MR) is 47.6 cm³/mol. The van der Waals surface area contributed by atoms with Gasteiger partial charge in [-0.2, -0.15) is 13.2 Å². The van der Waals surface area contributed by atoms with Crippen LogP contribution in [0.25, 0.3) is 0 Å². The predicted octanol–water partition coefficient (Wildman–Crippen LogP) is 1.31. The molecule has 4 nitrogen and oxygen atoms in total. The highest BCUT2D eigenvalue weighted by Crippen LogP contribution is 2.26. The third-order valence-corrected chi connectivity index (χ3v) is 2.66. The number of hydrogen-bond acceptors (Lipinski definition) is 2. The smallest absolute Gasteiger partial charge is 0.471 e. The van der Waals surface area contributed by atoms with Gasteiger partial charge in [-0.3, -0.25) is 9.59 Å². The van der Waals surface area contributed by atoms with Gasteiger partial charge in [-0.05, 0) is 12.8 Å². The van der Waals surface area contributed by atoms with E-state index in [2.05, 4.69) is 0 Å². The number of nitrogens with one attached hydrogen (secondary N) is 1. The van der Waals surface area contributed by atoms with E-state index in [0.717, 1.165) is 0 Å². The van der Waals surface area contributed by atoms with Crippen LogP contribution in [-0.2, 0) is 9.59 Å². The van der Waals surface area contributed by atoms with Gasteiger partial charge in [0.25, 0.3) is 0 Å². The molecule has 0 aromatic heterocycles. The number of halogens is 3. The summed E-state index contributed by atoms with van der Waals surface area (Å²) >= 11 is 0. The van der Waals surface area contributed by atoms with Crippen LogP contribution in [0.15, 0.2) is 0 Å². The van der Waals surface area contributed by atoms with Crippen molar-refractivity contribution in [1.29, 1.82) is 0 Å². The minimum Gasteiger partial charge on any atom is -0.481 e. The fourth-order valence-electron chi connectivity index (χ4n) is 1.85. The summed E-state index contributed by atoms with van der Waals surface area (Å²) in [6.45, 7) is 0. The monoisotopic (exact) mass is 239 g/mol. The van der Waals surface area contributed by atoms with Gasteiger partial charge in [0.2, 0.25) is 0 Å². The Kier molecular flexibility index (Phi) is 3.77. The number of aliphatic carboxylic acids is 1. The lowest BCUT2D eigenvalue weighted by Gasteiger charge is -2.29. The molecule has 1 saturated carbocycles. The molecule has 0 aromatic rings. The van der Waals surface area contributed by atoms with Crippen LogP contribution in [0.5, 0.6) is 0 Å². The van der Waals surface area contributed by atoms with E-state index in [1.807, 2.05) is 0 Å². The average Bonchev–Trinajstić information content (AvgIpc) is 2.16. The number of amides is 1. The van der Waals surface area contributed by atoms with Gasteiger partial charge in [-0.25, -0.2) is 0 Å². The molecule has 92 valence electrons. The Morgan fingerprint density at radius 1 is 1.19 bits per heavy atom. The van der Waals surface area contributed by atoms with E-state index in [4.69, 9.17) is 5.11 Å². The molecular weight excluding hydrogens is 227 g/mol. The zero-order valence-corrected chi connectivity index (χ0v) is 8.38. The molecule has 0 aliphatic heterocycles. The largest absolute Gasteiger partial charge is 0.481 e. The number of carbonyl (C=O) groups is 2. The molecule has 1 aliphatic carbocycles. The van der Waals surface area contributed by atoms with Crippen LogP contribution < -0.4 is 5.32 Å². The zero-order valence-electron chi connectivity index (χ0n) is 8.38. The van der Waals surface area contributed by atoms with Crippen LogP contribution in [0.3, 0.4) is 0 Å². The Balaban J connectivity index is 2.63. The number of rotatable bonds is 2. The summed E-state index contributed by atoms with van der Waals surface area (Å²) in [4.78, 5) is 21.4. The highest BCUT2D eigenvalue weighted by molar-refractivity contribution is 5.83. The van der Waals surface area contributed by atoms with Crippen molar-refractivity contribution in [3.8, 4) is 0 Å². The van der Waals surface area contributed by atoms with Crippen LogP contribution in [0, 0.1) is 5.92 Å². The van der Waals surface area contributed by atoms with Crippen molar-refractivity contribution in [3.63, 3.8) is 0 Å². The SMILES string of the molecule is O=C(O)[C@@H]1CCCC[C@@H]1NC(=O)C(F)(F)F. The highest BCUT2D eigenvalue weighted by atomic mass is 19.4. The van der Waals surface area contributed by atoms with E-state index in [0.29, 0.717) is 19.3 Å². The Bertz CT molecular complexity index is 290. The van der Waals surface area contributed by atoms with E-state index in [-0.39, 0.29) is 6.42 Å². The molecule has 0 aromatic carbocycles. The summed E-state index contributed by atoms with van der Waals surface area (Å²) in [7, 11) is 0. The van der Waals surface area contributed by atoms with Gasteiger partial charge < -0.3 is 10.4 Å². The summed E-state index contributed by atoms with van der Waals surface area (Å²) < 4.78 is 35.9. The Labute approximate surface area is 89.8 Å². The van der Waals surface area contributed by atoms with Crippen molar-refractivity contribution < 1.29 is 27.9 Å². The van der Waals surface area contributed by atoms with Crippen molar-refractivity contribution in [1.82, 2.24) is 5.32 Å². The molecule has 1 fully saturated rings. The molecule has 1 aliphatic rings. The first-order valence-electron chi connectivity index (χ1n) is 4.93. The standard InChI is InChI=1S/C9H12F3NO3/c10-9(11,12)8(16)13-6-4-2-1-3-5(6)7(14)15/h5-6H,1-4H2,(H,13,16)(H,14,15)/t5-,6+/m1/s1. The van der Waals surface area contributed by atoms with Crippen LogP contribution in [0.1, 0.15) is 25.7 Å². The van der Waals surface area contributed by atoms with Crippen LogP contribution in [0.2, 0.25) is 0 Å². The molecule has 0 unspecified atom stereocenters. The van der Waals surface area contributed by atoms with Crippen LogP contribution in [-0.4, -0.2) is 29.2 Å². The van der Waals surface area contributed by atoms with E-state index in [9.17, 15) is 22.8 Å². The van der Waals surface area contributed by atoms with E-state index >= 15 is 0 Å². The van der Waals surface area contributed by atoms with Gasteiger partial charge in [0.05, 0.1) is 5.92 Å². The highest BCUT2D eigenvalue weighted by Gasteiger charge is 2.42. The van der Waals surface area contributed by atoms with Crippen molar-refractivity contribution in [2.24, 2.45) is 5.92 Å². The second-order valence-corrected chi connectivity index (χ2v) is 3.81. The lowest BCUT2D eigenvalue weighted by molar-refractivity contribution is -0.175. The maximum atomic E-state index is 12.0. The van der Waals surface area contributed by atoms with Gasteiger partial charge in [-0.15, -0.1) is 0 Å². The van der Waals surface area contributed by atoms with Crippen molar-refractivity contribution in [2.75, 3.05) is 0 Å². The molecule has 0 heterocycles. The molecule has 2 N–H and O–H groups in total. The molecule has 1 amide bonds. The van der Waals surface area contributed by atoms with Crippen molar-refractivity contribution in [2.45, 2.75) is 37.9 Å². The zero-order chi connectivity index (χ0) is 12.3. The summed E-state index contributed by atoms with van der Waals surface area (Å²) in [6, 6.07) is -0.916. The molecule has 0 radical (unpaired) electrons. The Morgan fingerprint density at radius 3 is 2.25 bits per heavy atom. The molecule has 16 heavy (non-hydrogen) atoms. The lowest BCUT2D eigenvalue weighted by atomic mass is 9.84. The van der Waals surface area contributed by atoms with Gasteiger partial charge in [0, 0.05) is 6.04 Å². The first-order chi connectivity index (χ1) is 7.32.